The smallest absolute Gasteiger partial charge is 0.147 e. The molecule has 1 unspecified atom stereocenters. The second-order valence-corrected chi connectivity index (χ2v) is 6.66. The second-order valence-electron chi connectivity index (χ2n) is 6.19. The van der Waals surface area contributed by atoms with E-state index < -0.39 is 0 Å². The van der Waals surface area contributed by atoms with Gasteiger partial charge in [0.1, 0.15) is 10.5 Å². The van der Waals surface area contributed by atoms with Gasteiger partial charge in [0, 0.05) is 0 Å². The van der Waals surface area contributed by atoms with Crippen molar-refractivity contribution in [2.75, 3.05) is 0 Å². The zero-order valence-corrected chi connectivity index (χ0v) is 15.8. The van der Waals surface area contributed by atoms with Crippen LogP contribution in [0.5, 0.6) is 0 Å². The predicted octanol–water partition coefficient (Wildman–Crippen LogP) is 4.32. The van der Waals surface area contributed by atoms with Crippen LogP contribution in [0.2, 0.25) is 0 Å². The topological polar surface area (TPSA) is 9.23 Å². The standard InChI is InChI=1S/C19H26OSi/c1-13(2)16-11-8-12-17(18(16)14(3)4)19(20-21)15-9-6-5-7-10-15/h5-14,19H,1-4,21H3. The summed E-state index contributed by atoms with van der Waals surface area (Å²) in [6.07, 6.45) is 0.0639. The molecule has 21 heavy (non-hydrogen) atoms. The van der Waals surface area contributed by atoms with Crippen LogP contribution in [0, 0.1) is 0 Å². The SMILES string of the molecule is CC(C)c1cccc(C(O[SiH3])c2ccccc2)c1C(C)C. The van der Waals surface area contributed by atoms with E-state index in [2.05, 4.69) is 76.2 Å². The van der Waals surface area contributed by atoms with E-state index in [0.29, 0.717) is 11.8 Å². The van der Waals surface area contributed by atoms with Gasteiger partial charge in [-0.25, -0.2) is 0 Å². The normalized spacial score (nSPS) is 13.0. The largest absolute Gasteiger partial charge is 0.417 e. The highest BCUT2D eigenvalue weighted by molar-refractivity contribution is 5.98. The minimum absolute atomic E-state index is 0.0639. The van der Waals surface area contributed by atoms with Crippen molar-refractivity contribution in [1.82, 2.24) is 0 Å². The molecule has 0 amide bonds. The Morgan fingerprint density at radius 3 is 1.90 bits per heavy atom. The molecule has 0 aliphatic heterocycles. The average molecular weight is 299 g/mol. The average Bonchev–Trinajstić information content (AvgIpc) is 2.48. The summed E-state index contributed by atoms with van der Waals surface area (Å²) in [7, 11) is 0.730. The summed E-state index contributed by atoms with van der Waals surface area (Å²) in [5, 5.41) is 0. The summed E-state index contributed by atoms with van der Waals surface area (Å²) in [4.78, 5) is 0. The van der Waals surface area contributed by atoms with Gasteiger partial charge in [-0.05, 0) is 34.1 Å². The summed E-state index contributed by atoms with van der Waals surface area (Å²) in [6, 6.07) is 17.2. The number of benzene rings is 2. The first-order valence-corrected chi connectivity index (χ1v) is 8.58. The summed E-state index contributed by atoms with van der Waals surface area (Å²) in [5.41, 5.74) is 5.48. The Labute approximate surface area is 131 Å². The lowest BCUT2D eigenvalue weighted by Gasteiger charge is -2.26. The third kappa shape index (κ3) is 3.45. The lowest BCUT2D eigenvalue weighted by atomic mass is 9.84. The van der Waals surface area contributed by atoms with Gasteiger partial charge in [-0.2, -0.15) is 0 Å². The van der Waals surface area contributed by atoms with Crippen LogP contribution < -0.4 is 0 Å². The van der Waals surface area contributed by atoms with E-state index in [0.717, 1.165) is 10.5 Å². The van der Waals surface area contributed by atoms with Gasteiger partial charge in [-0.3, -0.25) is 0 Å². The van der Waals surface area contributed by atoms with Crippen LogP contribution in [-0.2, 0) is 4.43 Å². The molecule has 0 fully saturated rings. The van der Waals surface area contributed by atoms with E-state index in [9.17, 15) is 0 Å². The van der Waals surface area contributed by atoms with E-state index in [1.54, 1.807) is 0 Å². The second kappa shape index (κ2) is 7.06. The molecule has 2 rings (SSSR count). The van der Waals surface area contributed by atoms with Crippen molar-refractivity contribution in [3.8, 4) is 0 Å². The molecule has 2 heteroatoms. The van der Waals surface area contributed by atoms with E-state index in [4.69, 9.17) is 4.43 Å². The van der Waals surface area contributed by atoms with Crippen LogP contribution in [-0.4, -0.2) is 10.5 Å². The molecular weight excluding hydrogens is 272 g/mol. The summed E-state index contributed by atoms with van der Waals surface area (Å²) < 4.78 is 5.99. The summed E-state index contributed by atoms with van der Waals surface area (Å²) >= 11 is 0. The van der Waals surface area contributed by atoms with Crippen molar-refractivity contribution in [2.24, 2.45) is 0 Å². The summed E-state index contributed by atoms with van der Waals surface area (Å²) in [6.45, 7) is 9.09. The van der Waals surface area contributed by atoms with E-state index in [1.807, 2.05) is 0 Å². The highest BCUT2D eigenvalue weighted by Gasteiger charge is 2.21. The van der Waals surface area contributed by atoms with Gasteiger partial charge in [0.05, 0.1) is 6.10 Å². The lowest BCUT2D eigenvalue weighted by Crippen LogP contribution is -2.11. The van der Waals surface area contributed by atoms with Gasteiger partial charge in [0.25, 0.3) is 0 Å². The van der Waals surface area contributed by atoms with E-state index in [1.165, 1.54) is 22.3 Å². The fourth-order valence-corrected chi connectivity index (χ4v) is 3.60. The molecule has 0 bridgehead atoms. The minimum Gasteiger partial charge on any atom is -0.417 e. The van der Waals surface area contributed by atoms with Crippen molar-refractivity contribution >= 4 is 10.5 Å². The third-order valence-corrected chi connectivity index (χ3v) is 4.46. The van der Waals surface area contributed by atoms with E-state index in [-0.39, 0.29) is 6.10 Å². The first-order valence-electron chi connectivity index (χ1n) is 7.76. The molecule has 0 aliphatic carbocycles. The highest BCUT2D eigenvalue weighted by Crippen LogP contribution is 2.36. The van der Waals surface area contributed by atoms with Crippen LogP contribution in [0.15, 0.2) is 48.5 Å². The van der Waals surface area contributed by atoms with Crippen molar-refractivity contribution in [1.29, 1.82) is 0 Å². The molecule has 0 N–H and O–H groups in total. The fraction of sp³-hybridized carbons (Fsp3) is 0.368. The molecule has 2 aromatic carbocycles. The van der Waals surface area contributed by atoms with Gasteiger partial charge in [-0.1, -0.05) is 76.2 Å². The predicted molar refractivity (Wildman–Crippen MR) is 93.9 cm³/mol. The number of hydrogen-bond donors (Lipinski definition) is 0. The van der Waals surface area contributed by atoms with E-state index >= 15 is 0 Å². The van der Waals surface area contributed by atoms with Crippen LogP contribution in [0.25, 0.3) is 0 Å². The lowest BCUT2D eigenvalue weighted by molar-refractivity contribution is 0.271. The molecule has 112 valence electrons. The zero-order chi connectivity index (χ0) is 15.4. The molecule has 0 saturated carbocycles. The molecule has 0 saturated heterocycles. The number of rotatable bonds is 5. The van der Waals surface area contributed by atoms with Crippen molar-refractivity contribution in [3.05, 3.63) is 70.8 Å². The van der Waals surface area contributed by atoms with Crippen molar-refractivity contribution in [2.45, 2.75) is 45.6 Å². The van der Waals surface area contributed by atoms with Crippen LogP contribution in [0.4, 0.5) is 0 Å². The first kappa shape index (κ1) is 16.0. The third-order valence-electron chi connectivity index (χ3n) is 3.99. The van der Waals surface area contributed by atoms with Crippen LogP contribution in [0.1, 0.15) is 67.9 Å². The fourth-order valence-electron chi connectivity index (χ4n) is 3.07. The molecule has 0 heterocycles. The Hall–Kier alpha value is -1.38. The van der Waals surface area contributed by atoms with Crippen LogP contribution >= 0.6 is 0 Å². The molecule has 0 spiro atoms. The molecule has 1 atom stereocenters. The first-order chi connectivity index (χ1) is 10.1. The van der Waals surface area contributed by atoms with Gasteiger partial charge in [-0.15, -0.1) is 0 Å². The zero-order valence-electron chi connectivity index (χ0n) is 13.8. The Morgan fingerprint density at radius 1 is 0.762 bits per heavy atom. The summed E-state index contributed by atoms with van der Waals surface area (Å²) in [5.74, 6) is 1.04. The maximum absolute atomic E-state index is 5.99. The maximum atomic E-state index is 5.99. The molecule has 0 aliphatic rings. The van der Waals surface area contributed by atoms with Crippen LogP contribution in [0.3, 0.4) is 0 Å². The van der Waals surface area contributed by atoms with Gasteiger partial charge in [0.15, 0.2) is 0 Å². The molecular formula is C19H26OSi. The van der Waals surface area contributed by atoms with Crippen molar-refractivity contribution in [3.63, 3.8) is 0 Å². The quantitative estimate of drug-likeness (QED) is 0.747. The van der Waals surface area contributed by atoms with Gasteiger partial charge < -0.3 is 4.43 Å². The van der Waals surface area contributed by atoms with Gasteiger partial charge in [0.2, 0.25) is 0 Å². The highest BCUT2D eigenvalue weighted by atomic mass is 28.2. The molecule has 0 radical (unpaired) electrons. The number of hydrogen-bond acceptors (Lipinski definition) is 1. The molecule has 1 nitrogen and oxygen atoms in total. The Morgan fingerprint density at radius 2 is 1.38 bits per heavy atom. The molecule has 2 aromatic rings. The Bertz CT molecular complexity index is 575. The monoisotopic (exact) mass is 298 g/mol. The molecule has 0 aromatic heterocycles. The minimum atomic E-state index is 0.0639. The van der Waals surface area contributed by atoms with Crippen molar-refractivity contribution < 1.29 is 4.43 Å². The Kier molecular flexibility index (Phi) is 5.37. The van der Waals surface area contributed by atoms with Gasteiger partial charge >= 0.3 is 0 Å². The Balaban J connectivity index is 2.59. The maximum Gasteiger partial charge on any atom is 0.147 e.